The molecule has 1 atom stereocenters. The van der Waals surface area contributed by atoms with Crippen LogP contribution in [0.3, 0.4) is 0 Å². The van der Waals surface area contributed by atoms with Gasteiger partial charge in [0.05, 0.1) is 0 Å². The Kier molecular flexibility index (Phi) is 8.58. The molecule has 0 radical (unpaired) electrons. The third-order valence-electron chi connectivity index (χ3n) is 3.82. The number of unbranched alkanes of at least 4 members (excludes halogenated alkanes) is 3. The molecule has 0 aliphatic rings. The van der Waals surface area contributed by atoms with Gasteiger partial charge in [-0.05, 0) is 63.8 Å². The Balaban J connectivity index is 2.51. The van der Waals surface area contributed by atoms with E-state index in [1.54, 1.807) is 0 Å². The van der Waals surface area contributed by atoms with Gasteiger partial charge in [0.25, 0.3) is 0 Å². The molecule has 1 aromatic rings. The molecule has 0 spiro atoms. The molecule has 0 fully saturated rings. The predicted molar refractivity (Wildman–Crippen MR) is 97.9 cm³/mol. The van der Waals surface area contributed by atoms with Crippen molar-refractivity contribution in [3.63, 3.8) is 0 Å². The summed E-state index contributed by atoms with van der Waals surface area (Å²) in [6.07, 6.45) is 7.95. The molecule has 21 heavy (non-hydrogen) atoms. The highest BCUT2D eigenvalue weighted by Crippen LogP contribution is 2.19. The van der Waals surface area contributed by atoms with E-state index in [9.17, 15) is 0 Å². The molecule has 1 rings (SSSR count). The van der Waals surface area contributed by atoms with Gasteiger partial charge in [-0.15, -0.1) is 0 Å². The van der Waals surface area contributed by atoms with Crippen molar-refractivity contribution in [2.24, 2.45) is 5.92 Å². The van der Waals surface area contributed by atoms with E-state index in [2.05, 4.69) is 73.2 Å². The minimum atomic E-state index is 0.210. The quantitative estimate of drug-likeness (QED) is 0.539. The van der Waals surface area contributed by atoms with Crippen LogP contribution in [0.1, 0.15) is 65.4 Å². The zero-order valence-electron chi connectivity index (χ0n) is 14.2. The maximum Gasteiger partial charge on any atom is 0.0175 e. The molecule has 0 saturated heterocycles. The van der Waals surface area contributed by atoms with Crippen LogP contribution in [0.15, 0.2) is 28.7 Å². The van der Waals surface area contributed by atoms with Crippen LogP contribution in [0.5, 0.6) is 0 Å². The maximum atomic E-state index is 3.69. The van der Waals surface area contributed by atoms with Crippen LogP contribution in [-0.2, 0) is 6.42 Å². The minimum Gasteiger partial charge on any atom is -0.312 e. The van der Waals surface area contributed by atoms with Gasteiger partial charge >= 0.3 is 0 Å². The van der Waals surface area contributed by atoms with Crippen LogP contribution in [0.25, 0.3) is 0 Å². The number of hydrogen-bond donors (Lipinski definition) is 1. The second kappa shape index (κ2) is 9.63. The van der Waals surface area contributed by atoms with Crippen molar-refractivity contribution in [2.45, 2.75) is 71.8 Å². The molecule has 0 aliphatic heterocycles. The van der Waals surface area contributed by atoms with Gasteiger partial charge in [0.1, 0.15) is 0 Å². The van der Waals surface area contributed by atoms with Crippen molar-refractivity contribution in [1.82, 2.24) is 5.32 Å². The van der Waals surface area contributed by atoms with E-state index in [1.807, 2.05) is 0 Å². The van der Waals surface area contributed by atoms with E-state index in [1.165, 1.54) is 48.6 Å². The van der Waals surface area contributed by atoms with Gasteiger partial charge in [-0.3, -0.25) is 0 Å². The summed E-state index contributed by atoms with van der Waals surface area (Å²) in [5.41, 5.74) is 1.66. The Morgan fingerprint density at radius 2 is 1.71 bits per heavy atom. The topological polar surface area (TPSA) is 12.0 Å². The molecule has 120 valence electrons. The second-order valence-corrected chi connectivity index (χ2v) is 8.09. The molecular formula is C19H32BrN. The lowest BCUT2D eigenvalue weighted by molar-refractivity contribution is 0.349. The Hall–Kier alpha value is -0.340. The Morgan fingerprint density at radius 3 is 2.29 bits per heavy atom. The highest BCUT2D eigenvalue weighted by molar-refractivity contribution is 9.10. The van der Waals surface area contributed by atoms with E-state index in [0.29, 0.717) is 0 Å². The summed E-state index contributed by atoms with van der Waals surface area (Å²) in [6.45, 7) is 10.1. The van der Waals surface area contributed by atoms with Crippen LogP contribution < -0.4 is 5.32 Å². The lowest BCUT2D eigenvalue weighted by atomic mass is 9.92. The third kappa shape index (κ3) is 9.31. The smallest absolute Gasteiger partial charge is 0.0175 e. The maximum absolute atomic E-state index is 3.69. The lowest BCUT2D eigenvalue weighted by Gasteiger charge is -2.25. The average Bonchev–Trinajstić information content (AvgIpc) is 2.42. The summed E-state index contributed by atoms with van der Waals surface area (Å²) in [4.78, 5) is 0. The Labute approximate surface area is 140 Å². The summed E-state index contributed by atoms with van der Waals surface area (Å²) in [6, 6.07) is 8.81. The molecule has 1 N–H and O–H groups in total. The van der Waals surface area contributed by atoms with Gasteiger partial charge in [0.15, 0.2) is 0 Å². The number of benzene rings is 1. The van der Waals surface area contributed by atoms with E-state index < -0.39 is 0 Å². The zero-order chi connectivity index (χ0) is 15.7. The monoisotopic (exact) mass is 353 g/mol. The molecule has 0 bridgehead atoms. The van der Waals surface area contributed by atoms with E-state index in [4.69, 9.17) is 0 Å². The molecule has 1 nitrogen and oxygen atoms in total. The van der Waals surface area contributed by atoms with Crippen LogP contribution >= 0.6 is 15.9 Å². The van der Waals surface area contributed by atoms with Crippen molar-refractivity contribution in [2.75, 3.05) is 6.54 Å². The molecule has 0 aromatic heterocycles. The standard InChI is InChI=1S/C19H32BrN/c1-5-6-7-8-9-17(15-21-19(2,3)4)14-16-10-12-18(20)13-11-16/h10-13,17,21H,5-9,14-15H2,1-4H3. The fourth-order valence-electron chi connectivity index (χ4n) is 2.54. The SMILES string of the molecule is CCCCCCC(CNC(C)(C)C)Cc1ccc(Br)cc1. The van der Waals surface area contributed by atoms with Crippen molar-refractivity contribution >= 4 is 15.9 Å². The van der Waals surface area contributed by atoms with Gasteiger partial charge in [-0.2, -0.15) is 0 Å². The van der Waals surface area contributed by atoms with Crippen molar-refractivity contribution in [3.8, 4) is 0 Å². The largest absolute Gasteiger partial charge is 0.312 e. The normalized spacial score (nSPS) is 13.4. The average molecular weight is 354 g/mol. The van der Waals surface area contributed by atoms with Gasteiger partial charge in [0.2, 0.25) is 0 Å². The second-order valence-electron chi connectivity index (χ2n) is 7.18. The third-order valence-corrected chi connectivity index (χ3v) is 4.35. The summed E-state index contributed by atoms with van der Waals surface area (Å²) >= 11 is 3.52. The Morgan fingerprint density at radius 1 is 1.05 bits per heavy atom. The van der Waals surface area contributed by atoms with Gasteiger partial charge in [-0.25, -0.2) is 0 Å². The molecule has 1 aromatic carbocycles. The first-order valence-corrected chi connectivity index (χ1v) is 9.19. The molecular weight excluding hydrogens is 322 g/mol. The Bertz CT molecular complexity index is 378. The first-order chi connectivity index (χ1) is 9.90. The summed E-state index contributed by atoms with van der Waals surface area (Å²) in [5, 5.41) is 3.69. The van der Waals surface area contributed by atoms with Crippen LogP contribution in [0, 0.1) is 5.92 Å². The summed E-state index contributed by atoms with van der Waals surface area (Å²) in [7, 11) is 0. The molecule has 1 unspecified atom stereocenters. The first-order valence-electron chi connectivity index (χ1n) is 8.40. The van der Waals surface area contributed by atoms with Gasteiger partial charge in [0, 0.05) is 10.0 Å². The molecule has 2 heteroatoms. The number of halogens is 1. The fourth-order valence-corrected chi connectivity index (χ4v) is 2.80. The van der Waals surface area contributed by atoms with E-state index >= 15 is 0 Å². The molecule has 0 heterocycles. The highest BCUT2D eigenvalue weighted by Gasteiger charge is 2.14. The van der Waals surface area contributed by atoms with E-state index in [0.717, 1.165) is 12.5 Å². The predicted octanol–water partition coefficient (Wildman–Crippen LogP) is 5.97. The van der Waals surface area contributed by atoms with Crippen molar-refractivity contribution < 1.29 is 0 Å². The summed E-state index contributed by atoms with van der Waals surface area (Å²) < 4.78 is 1.17. The number of rotatable bonds is 9. The first kappa shape index (κ1) is 18.7. The van der Waals surface area contributed by atoms with Crippen molar-refractivity contribution in [3.05, 3.63) is 34.3 Å². The minimum absolute atomic E-state index is 0.210. The molecule has 0 aliphatic carbocycles. The van der Waals surface area contributed by atoms with Crippen LogP contribution in [0.4, 0.5) is 0 Å². The fraction of sp³-hybridized carbons (Fsp3) is 0.684. The van der Waals surface area contributed by atoms with E-state index in [-0.39, 0.29) is 5.54 Å². The number of nitrogens with one attached hydrogen (secondary N) is 1. The summed E-state index contributed by atoms with van der Waals surface area (Å²) in [5.74, 6) is 0.738. The van der Waals surface area contributed by atoms with Gasteiger partial charge in [-0.1, -0.05) is 60.7 Å². The number of hydrogen-bond acceptors (Lipinski definition) is 1. The van der Waals surface area contributed by atoms with Crippen LogP contribution in [-0.4, -0.2) is 12.1 Å². The van der Waals surface area contributed by atoms with Crippen LogP contribution in [0.2, 0.25) is 0 Å². The molecule has 0 amide bonds. The van der Waals surface area contributed by atoms with Crippen molar-refractivity contribution in [1.29, 1.82) is 0 Å². The zero-order valence-corrected chi connectivity index (χ0v) is 15.8. The van der Waals surface area contributed by atoms with Gasteiger partial charge < -0.3 is 5.32 Å². The highest BCUT2D eigenvalue weighted by atomic mass is 79.9. The molecule has 0 saturated carbocycles. The lowest BCUT2D eigenvalue weighted by Crippen LogP contribution is -2.39.